The molecular weight excluding hydrogens is 510 g/mol. The van der Waals surface area contributed by atoms with Crippen LogP contribution in [0.2, 0.25) is 0 Å². The Labute approximate surface area is 228 Å². The van der Waals surface area contributed by atoms with Crippen molar-refractivity contribution in [1.82, 2.24) is 9.13 Å². The monoisotopic (exact) mass is 537 g/mol. The Kier molecular flexibility index (Phi) is 6.19. The normalized spacial score (nSPS) is 15.5. The largest absolute Gasteiger partial charge is 0.496 e. The van der Waals surface area contributed by atoms with Gasteiger partial charge in [-0.05, 0) is 42.8 Å². The summed E-state index contributed by atoms with van der Waals surface area (Å²) in [4.78, 5) is 32.8. The van der Waals surface area contributed by atoms with Gasteiger partial charge < -0.3 is 14.0 Å². The minimum atomic E-state index is -0.768. The molecule has 3 heterocycles. The molecule has 1 aliphatic rings. The average Bonchev–Trinajstić information content (AvgIpc) is 3.42. The molecule has 0 N–H and O–H groups in total. The molecule has 0 fully saturated rings. The second kappa shape index (κ2) is 9.71. The number of fused-ring (bicyclic) bond motifs is 3. The van der Waals surface area contributed by atoms with Gasteiger partial charge in [0.25, 0.3) is 5.56 Å². The predicted octanol–water partition coefficient (Wildman–Crippen LogP) is 4.45. The van der Waals surface area contributed by atoms with Gasteiger partial charge in [0, 0.05) is 35.3 Å². The van der Waals surface area contributed by atoms with Crippen LogP contribution in [0.1, 0.15) is 31.0 Å². The quantitative estimate of drug-likeness (QED) is 0.311. The van der Waals surface area contributed by atoms with Crippen LogP contribution in [0.5, 0.6) is 5.75 Å². The summed E-state index contributed by atoms with van der Waals surface area (Å²) in [5.74, 6) is 0.0842. The highest BCUT2D eigenvalue weighted by molar-refractivity contribution is 7.07. The van der Waals surface area contributed by atoms with E-state index in [9.17, 15) is 9.59 Å². The third-order valence-electron chi connectivity index (χ3n) is 7.16. The van der Waals surface area contributed by atoms with E-state index >= 15 is 0 Å². The first kappa shape index (κ1) is 24.9. The highest BCUT2D eigenvalue weighted by Gasteiger charge is 2.36. The minimum Gasteiger partial charge on any atom is -0.496 e. The zero-order valence-corrected chi connectivity index (χ0v) is 22.9. The third kappa shape index (κ3) is 3.99. The SMILES string of the molecule is CCOC(=O)C1=C(C)N=c2s/c(=C/c3cn(C)c4ccccc34)c(=O)n2C1c1c(OC)ccc2ccccc12. The summed E-state index contributed by atoms with van der Waals surface area (Å²) in [6, 6.07) is 19.1. The van der Waals surface area contributed by atoms with Gasteiger partial charge in [-0.1, -0.05) is 59.9 Å². The molecule has 39 heavy (non-hydrogen) atoms. The Hall–Kier alpha value is -4.43. The van der Waals surface area contributed by atoms with Gasteiger partial charge in [-0.25, -0.2) is 9.79 Å². The van der Waals surface area contributed by atoms with E-state index < -0.39 is 12.0 Å². The van der Waals surface area contributed by atoms with Crippen LogP contribution in [0.4, 0.5) is 0 Å². The zero-order chi connectivity index (χ0) is 27.3. The number of methoxy groups -OCH3 is 1. The summed E-state index contributed by atoms with van der Waals surface area (Å²) < 4.78 is 15.5. The van der Waals surface area contributed by atoms with Crippen molar-refractivity contribution in [1.29, 1.82) is 0 Å². The number of nitrogens with zero attached hydrogens (tertiary/aromatic N) is 3. The second-order valence-corrected chi connectivity index (χ2v) is 10.4. The Bertz CT molecular complexity index is 1990. The van der Waals surface area contributed by atoms with Crippen LogP contribution in [0.3, 0.4) is 0 Å². The first-order valence-electron chi connectivity index (χ1n) is 12.7. The lowest BCUT2D eigenvalue weighted by Gasteiger charge is -2.27. The number of benzene rings is 3. The Balaban J connectivity index is 1.67. The minimum absolute atomic E-state index is 0.209. The van der Waals surface area contributed by atoms with Crippen LogP contribution in [0, 0.1) is 0 Å². The van der Waals surface area contributed by atoms with Crippen molar-refractivity contribution in [3.63, 3.8) is 0 Å². The van der Waals surface area contributed by atoms with Crippen LogP contribution in [0.15, 0.2) is 87.9 Å². The maximum Gasteiger partial charge on any atom is 0.338 e. The smallest absolute Gasteiger partial charge is 0.338 e. The molecule has 0 saturated heterocycles. The predicted molar refractivity (Wildman–Crippen MR) is 154 cm³/mol. The molecule has 1 aliphatic heterocycles. The number of aromatic nitrogens is 2. The fourth-order valence-corrected chi connectivity index (χ4v) is 6.47. The van der Waals surface area contributed by atoms with Crippen molar-refractivity contribution in [3.8, 4) is 5.75 Å². The van der Waals surface area contributed by atoms with E-state index in [0.29, 0.717) is 26.4 Å². The van der Waals surface area contributed by atoms with E-state index in [-0.39, 0.29) is 12.2 Å². The number of allylic oxidation sites excluding steroid dienone is 1. The van der Waals surface area contributed by atoms with Crippen molar-refractivity contribution in [2.24, 2.45) is 12.0 Å². The number of para-hydroxylation sites is 1. The summed E-state index contributed by atoms with van der Waals surface area (Å²) in [6.45, 7) is 3.76. The highest BCUT2D eigenvalue weighted by Crippen LogP contribution is 2.40. The van der Waals surface area contributed by atoms with Gasteiger partial charge in [0.2, 0.25) is 0 Å². The summed E-state index contributed by atoms with van der Waals surface area (Å²) in [5, 5.41) is 2.92. The second-order valence-electron chi connectivity index (χ2n) is 9.42. The maximum atomic E-state index is 14.2. The number of thiazole rings is 1. The number of ether oxygens (including phenoxy) is 2. The van der Waals surface area contributed by atoms with Gasteiger partial charge >= 0.3 is 5.97 Å². The molecule has 2 aromatic heterocycles. The lowest BCUT2D eigenvalue weighted by Crippen LogP contribution is -2.40. The number of esters is 1. The van der Waals surface area contributed by atoms with Crippen molar-refractivity contribution in [2.45, 2.75) is 19.9 Å². The van der Waals surface area contributed by atoms with Crippen LogP contribution in [-0.4, -0.2) is 28.8 Å². The molecule has 8 heteroatoms. The lowest BCUT2D eigenvalue weighted by atomic mass is 9.90. The van der Waals surface area contributed by atoms with Crippen LogP contribution < -0.4 is 19.6 Å². The molecule has 196 valence electrons. The molecule has 3 aromatic carbocycles. The molecule has 1 unspecified atom stereocenters. The molecule has 0 bridgehead atoms. The standard InChI is InChI=1S/C31H27N3O4S/c1-5-38-30(36)26-18(2)32-31-34(28(26)27-22-12-7-6-10-19(22)14-15-24(27)37-4)29(35)25(39-31)16-20-17-33(3)23-13-9-8-11-21(20)23/h6-17,28H,5H2,1-4H3/b25-16+. The Morgan fingerprint density at radius 3 is 2.59 bits per heavy atom. The van der Waals surface area contributed by atoms with Crippen molar-refractivity contribution < 1.29 is 14.3 Å². The lowest BCUT2D eigenvalue weighted by molar-refractivity contribution is -0.139. The first-order chi connectivity index (χ1) is 18.9. The fraction of sp³-hybridized carbons (Fsp3) is 0.194. The number of rotatable bonds is 5. The summed E-state index contributed by atoms with van der Waals surface area (Å²) in [6.07, 6.45) is 3.93. The maximum absolute atomic E-state index is 14.2. The Morgan fingerprint density at radius 1 is 1.08 bits per heavy atom. The van der Waals surface area contributed by atoms with Crippen molar-refractivity contribution in [2.75, 3.05) is 13.7 Å². The molecule has 0 saturated carbocycles. The molecule has 5 aromatic rings. The zero-order valence-electron chi connectivity index (χ0n) is 22.1. The van der Waals surface area contributed by atoms with Crippen LogP contribution in [0.25, 0.3) is 27.8 Å². The van der Waals surface area contributed by atoms with Crippen molar-refractivity contribution >= 4 is 45.1 Å². The molecule has 1 atom stereocenters. The van der Waals surface area contributed by atoms with Gasteiger partial charge in [0.05, 0.1) is 29.5 Å². The van der Waals surface area contributed by atoms with Gasteiger partial charge in [0.15, 0.2) is 4.80 Å². The Morgan fingerprint density at radius 2 is 1.82 bits per heavy atom. The van der Waals surface area contributed by atoms with Gasteiger partial charge in [-0.2, -0.15) is 0 Å². The molecular formula is C31H27N3O4S. The summed E-state index contributed by atoms with van der Waals surface area (Å²) >= 11 is 1.31. The average molecular weight is 538 g/mol. The third-order valence-corrected chi connectivity index (χ3v) is 8.14. The van der Waals surface area contributed by atoms with Gasteiger partial charge in [0.1, 0.15) is 11.8 Å². The number of aryl methyl sites for hydroxylation is 1. The van der Waals surface area contributed by atoms with E-state index in [4.69, 9.17) is 14.5 Å². The number of hydrogen-bond acceptors (Lipinski definition) is 6. The van der Waals surface area contributed by atoms with E-state index in [0.717, 1.165) is 32.8 Å². The summed E-state index contributed by atoms with van der Waals surface area (Å²) in [7, 11) is 3.58. The molecule has 0 amide bonds. The fourth-order valence-electron chi connectivity index (χ4n) is 5.43. The van der Waals surface area contributed by atoms with Gasteiger partial charge in [-0.3, -0.25) is 9.36 Å². The van der Waals surface area contributed by atoms with E-state index in [2.05, 4.69) is 6.07 Å². The number of hydrogen-bond donors (Lipinski definition) is 0. The molecule has 0 spiro atoms. The number of carbonyl (C=O) groups excluding carboxylic acids is 1. The highest BCUT2D eigenvalue weighted by atomic mass is 32.1. The van der Waals surface area contributed by atoms with E-state index in [1.807, 2.05) is 78.5 Å². The molecule has 7 nitrogen and oxygen atoms in total. The topological polar surface area (TPSA) is 74.8 Å². The van der Waals surface area contributed by atoms with Crippen LogP contribution >= 0.6 is 11.3 Å². The van der Waals surface area contributed by atoms with Gasteiger partial charge in [-0.15, -0.1) is 0 Å². The summed E-state index contributed by atoms with van der Waals surface area (Å²) in [5.41, 5.74) is 3.38. The van der Waals surface area contributed by atoms with Crippen molar-refractivity contribution in [3.05, 3.63) is 109 Å². The molecule has 0 aliphatic carbocycles. The van der Waals surface area contributed by atoms with E-state index in [1.54, 1.807) is 25.5 Å². The van der Waals surface area contributed by atoms with E-state index in [1.165, 1.54) is 11.3 Å². The molecule has 0 radical (unpaired) electrons. The number of carbonyl (C=O) groups is 1. The first-order valence-corrected chi connectivity index (χ1v) is 13.5. The molecule has 6 rings (SSSR count). The van der Waals surface area contributed by atoms with Crippen LogP contribution in [-0.2, 0) is 16.6 Å².